The molecule has 0 atom stereocenters. The van der Waals surface area contributed by atoms with E-state index in [0.29, 0.717) is 22.6 Å². The maximum atomic E-state index is 13.4. The van der Waals surface area contributed by atoms with Crippen LogP contribution in [-0.4, -0.2) is 38.2 Å². The smallest absolute Gasteiger partial charge is 0.182 e. The molecule has 2 aromatic heterocycles. The summed E-state index contributed by atoms with van der Waals surface area (Å²) in [6.45, 7) is 1.21. The lowest BCUT2D eigenvalue weighted by Gasteiger charge is -2.05. The highest BCUT2D eigenvalue weighted by molar-refractivity contribution is 5.81. The first-order chi connectivity index (χ1) is 8.22. The normalized spacial score (nSPS) is 12.6. The molecular formula is C10H12FN5O. The molecule has 0 bridgehead atoms. The highest BCUT2D eigenvalue weighted by Gasteiger charge is 2.06. The fourth-order valence-corrected chi connectivity index (χ4v) is 1.30. The zero-order valence-electron chi connectivity index (χ0n) is 9.24. The number of H-pyrrole nitrogens is 1. The van der Waals surface area contributed by atoms with Gasteiger partial charge in [0.1, 0.15) is 17.7 Å². The van der Waals surface area contributed by atoms with Gasteiger partial charge in [-0.05, 0) is 12.5 Å². The number of aliphatic hydroxyl groups is 1. The summed E-state index contributed by atoms with van der Waals surface area (Å²) < 4.78 is 13.4. The van der Waals surface area contributed by atoms with E-state index in [4.69, 9.17) is 5.11 Å². The van der Waals surface area contributed by atoms with Gasteiger partial charge >= 0.3 is 0 Å². The van der Waals surface area contributed by atoms with Crippen LogP contribution in [0.15, 0.2) is 24.1 Å². The van der Waals surface area contributed by atoms with E-state index in [9.17, 15) is 4.39 Å². The van der Waals surface area contributed by atoms with E-state index in [-0.39, 0.29) is 13.2 Å². The van der Waals surface area contributed by atoms with Crippen molar-refractivity contribution in [3.8, 4) is 0 Å². The molecule has 0 amide bonds. The highest BCUT2D eigenvalue weighted by atomic mass is 19.1. The van der Waals surface area contributed by atoms with Gasteiger partial charge in [-0.1, -0.05) is 0 Å². The lowest BCUT2D eigenvalue weighted by molar-refractivity contribution is 0.326. The Morgan fingerprint density at radius 2 is 2.29 bits per heavy atom. The van der Waals surface area contributed by atoms with Crippen molar-refractivity contribution < 1.29 is 9.50 Å². The fourth-order valence-electron chi connectivity index (χ4n) is 1.30. The molecule has 0 spiro atoms. The molecule has 0 fully saturated rings. The number of nitrogens with one attached hydrogen (secondary N) is 2. The molecule has 6 nitrogen and oxygen atoms in total. The van der Waals surface area contributed by atoms with Crippen molar-refractivity contribution >= 4 is 17.0 Å². The van der Waals surface area contributed by atoms with Crippen LogP contribution in [0.1, 0.15) is 6.92 Å². The van der Waals surface area contributed by atoms with Gasteiger partial charge in [0.05, 0.1) is 19.5 Å². The number of hydrogen-bond donors (Lipinski definition) is 3. The number of aliphatic hydroxyl groups excluding tert-OH is 1. The Labute approximate surface area is 96.6 Å². The van der Waals surface area contributed by atoms with Gasteiger partial charge in [0, 0.05) is 0 Å². The van der Waals surface area contributed by atoms with Gasteiger partial charge in [0.15, 0.2) is 11.5 Å². The molecule has 0 aliphatic rings. The zero-order valence-corrected chi connectivity index (χ0v) is 9.24. The molecule has 0 radical (unpaired) electrons. The van der Waals surface area contributed by atoms with Crippen molar-refractivity contribution in [2.75, 3.05) is 18.5 Å². The Kier molecular flexibility index (Phi) is 3.29. The molecule has 90 valence electrons. The van der Waals surface area contributed by atoms with Crippen LogP contribution < -0.4 is 5.32 Å². The van der Waals surface area contributed by atoms with Gasteiger partial charge in [-0.3, -0.25) is 0 Å². The third-order valence-electron chi connectivity index (χ3n) is 2.33. The number of rotatable bonds is 4. The standard InChI is InChI=1S/C10H12FN5O/c1-6(3-17)7(11)2-12-9-8-10(14-4-13-8)16-5-15-9/h4-5,17H,2-3H2,1H3,(H2,12,13,14,15,16)/b7-6+. The van der Waals surface area contributed by atoms with E-state index in [1.54, 1.807) is 0 Å². The van der Waals surface area contributed by atoms with Gasteiger partial charge in [0.2, 0.25) is 0 Å². The number of hydrogen-bond acceptors (Lipinski definition) is 5. The summed E-state index contributed by atoms with van der Waals surface area (Å²) in [5, 5.41) is 11.6. The van der Waals surface area contributed by atoms with E-state index in [0.717, 1.165) is 0 Å². The number of halogens is 1. The molecule has 7 heteroatoms. The van der Waals surface area contributed by atoms with Crippen molar-refractivity contribution in [3.63, 3.8) is 0 Å². The quantitative estimate of drug-likeness (QED) is 0.738. The number of fused-ring (bicyclic) bond motifs is 1. The van der Waals surface area contributed by atoms with Gasteiger partial charge in [-0.25, -0.2) is 19.3 Å². The van der Waals surface area contributed by atoms with E-state index in [2.05, 4.69) is 25.3 Å². The summed E-state index contributed by atoms with van der Waals surface area (Å²) in [4.78, 5) is 14.8. The predicted octanol–water partition coefficient (Wildman–Crippen LogP) is 1.00. The number of imidazole rings is 1. The van der Waals surface area contributed by atoms with Crippen molar-refractivity contribution in [1.29, 1.82) is 0 Å². The first kappa shape index (κ1) is 11.5. The Morgan fingerprint density at radius 1 is 1.47 bits per heavy atom. The maximum absolute atomic E-state index is 13.4. The van der Waals surface area contributed by atoms with Crippen LogP contribution in [0.2, 0.25) is 0 Å². The van der Waals surface area contributed by atoms with Crippen LogP contribution in [0, 0.1) is 0 Å². The highest BCUT2D eigenvalue weighted by Crippen LogP contribution is 2.15. The second-order valence-corrected chi connectivity index (χ2v) is 3.52. The molecule has 0 aliphatic heterocycles. The average molecular weight is 237 g/mol. The molecule has 0 unspecified atom stereocenters. The largest absolute Gasteiger partial charge is 0.392 e. The van der Waals surface area contributed by atoms with E-state index in [1.165, 1.54) is 19.6 Å². The van der Waals surface area contributed by atoms with Crippen LogP contribution >= 0.6 is 0 Å². The topological polar surface area (TPSA) is 86.7 Å². The third kappa shape index (κ3) is 2.39. The number of aromatic nitrogens is 4. The maximum Gasteiger partial charge on any atom is 0.182 e. The number of aromatic amines is 1. The van der Waals surface area contributed by atoms with Crippen LogP contribution in [-0.2, 0) is 0 Å². The Morgan fingerprint density at radius 3 is 3.06 bits per heavy atom. The van der Waals surface area contributed by atoms with Crippen molar-refractivity contribution in [1.82, 2.24) is 19.9 Å². The van der Waals surface area contributed by atoms with Crippen molar-refractivity contribution in [2.24, 2.45) is 0 Å². The van der Waals surface area contributed by atoms with Gasteiger partial charge < -0.3 is 15.4 Å². The summed E-state index contributed by atoms with van der Waals surface area (Å²) in [6.07, 6.45) is 2.85. The zero-order chi connectivity index (χ0) is 12.3. The third-order valence-corrected chi connectivity index (χ3v) is 2.33. The second kappa shape index (κ2) is 4.88. The summed E-state index contributed by atoms with van der Waals surface area (Å²) in [5.41, 5.74) is 1.44. The lowest BCUT2D eigenvalue weighted by Crippen LogP contribution is -2.07. The van der Waals surface area contributed by atoms with Gasteiger partial charge in [-0.15, -0.1) is 0 Å². The Bertz CT molecular complexity index is 550. The second-order valence-electron chi connectivity index (χ2n) is 3.52. The molecule has 0 saturated heterocycles. The average Bonchev–Trinajstić information content (AvgIpc) is 2.83. The molecule has 3 N–H and O–H groups in total. The van der Waals surface area contributed by atoms with Crippen LogP contribution in [0.5, 0.6) is 0 Å². The Balaban J connectivity index is 2.17. The molecule has 2 heterocycles. The minimum atomic E-state index is -0.404. The molecule has 0 aromatic carbocycles. The lowest BCUT2D eigenvalue weighted by atomic mass is 10.3. The Hall–Kier alpha value is -2.02. The molecule has 2 aromatic rings. The SMILES string of the molecule is C/C(CO)=C(\F)CNc1ncnc2nc[nH]c12. The number of nitrogens with zero attached hydrogens (tertiary/aromatic N) is 3. The summed E-state index contributed by atoms with van der Waals surface area (Å²) in [6, 6.07) is 0. The first-order valence-electron chi connectivity index (χ1n) is 5.05. The fraction of sp³-hybridized carbons (Fsp3) is 0.300. The minimum Gasteiger partial charge on any atom is -0.392 e. The minimum absolute atomic E-state index is 0.0302. The van der Waals surface area contributed by atoms with Crippen LogP contribution in [0.4, 0.5) is 10.2 Å². The van der Waals surface area contributed by atoms with Crippen LogP contribution in [0.3, 0.4) is 0 Å². The molecule has 0 saturated carbocycles. The van der Waals surface area contributed by atoms with E-state index in [1.807, 2.05) is 0 Å². The monoisotopic (exact) mass is 237 g/mol. The molecular weight excluding hydrogens is 225 g/mol. The van der Waals surface area contributed by atoms with Gasteiger partial charge in [-0.2, -0.15) is 0 Å². The summed E-state index contributed by atoms with van der Waals surface area (Å²) in [7, 11) is 0. The molecule has 0 aliphatic carbocycles. The van der Waals surface area contributed by atoms with Crippen molar-refractivity contribution in [2.45, 2.75) is 6.92 Å². The van der Waals surface area contributed by atoms with E-state index >= 15 is 0 Å². The molecule has 2 rings (SSSR count). The van der Waals surface area contributed by atoms with Crippen LogP contribution in [0.25, 0.3) is 11.2 Å². The first-order valence-corrected chi connectivity index (χ1v) is 5.05. The summed E-state index contributed by atoms with van der Waals surface area (Å²) >= 11 is 0. The summed E-state index contributed by atoms with van der Waals surface area (Å²) in [5.74, 6) is 0.0761. The van der Waals surface area contributed by atoms with Gasteiger partial charge in [0.25, 0.3) is 0 Å². The molecule has 17 heavy (non-hydrogen) atoms. The van der Waals surface area contributed by atoms with E-state index < -0.39 is 5.83 Å². The van der Waals surface area contributed by atoms with Crippen molar-refractivity contribution in [3.05, 3.63) is 24.1 Å². The predicted molar refractivity (Wildman–Crippen MR) is 61.1 cm³/mol. The number of anilines is 1.